The molecule has 2 aromatic heterocycles. The molecule has 6 nitrogen and oxygen atoms in total. The number of halogens is 1. The molecule has 0 aliphatic rings. The first-order valence-electron chi connectivity index (χ1n) is 6.69. The van der Waals surface area contributed by atoms with E-state index in [1.165, 1.54) is 5.56 Å². The highest BCUT2D eigenvalue weighted by molar-refractivity contribution is 9.11. The van der Waals surface area contributed by atoms with Crippen LogP contribution < -0.4 is 15.0 Å². The molecule has 0 saturated heterocycles. The summed E-state index contributed by atoms with van der Waals surface area (Å²) in [6.07, 6.45) is 0. The summed E-state index contributed by atoms with van der Waals surface area (Å²) in [7, 11) is 1.95. The standard InChI is InChI=1S/C13H18BrN5OS/c1-4-15-11-16-12(18-13(17-11)20-5-2)19(3)7-9-6-10(14)21-8-9/h6,8H,4-5,7H2,1-3H3,(H,15,16,17,18). The van der Waals surface area contributed by atoms with Gasteiger partial charge in [0.2, 0.25) is 11.9 Å². The Bertz CT molecular complexity index is 567. The fourth-order valence-electron chi connectivity index (χ4n) is 1.72. The SMILES string of the molecule is CCNc1nc(OCC)nc(N(C)Cc2csc(Br)c2)n1. The van der Waals surface area contributed by atoms with Gasteiger partial charge in [0, 0.05) is 20.1 Å². The molecule has 2 rings (SSSR count). The lowest BCUT2D eigenvalue weighted by Gasteiger charge is -2.17. The van der Waals surface area contributed by atoms with Crippen LogP contribution in [0.3, 0.4) is 0 Å². The Balaban J connectivity index is 2.19. The van der Waals surface area contributed by atoms with Gasteiger partial charge in [-0.05, 0) is 46.8 Å². The fourth-order valence-corrected chi connectivity index (χ4v) is 2.92. The quantitative estimate of drug-likeness (QED) is 0.806. The molecule has 0 spiro atoms. The molecule has 0 amide bonds. The lowest BCUT2D eigenvalue weighted by Crippen LogP contribution is -2.20. The first-order chi connectivity index (χ1) is 10.1. The van der Waals surface area contributed by atoms with Crippen molar-refractivity contribution in [1.82, 2.24) is 15.0 Å². The number of aromatic nitrogens is 3. The minimum Gasteiger partial charge on any atom is -0.464 e. The third-order valence-corrected chi connectivity index (χ3v) is 4.15. The monoisotopic (exact) mass is 371 g/mol. The second kappa shape index (κ2) is 7.56. The second-order valence-electron chi connectivity index (χ2n) is 4.32. The van der Waals surface area contributed by atoms with Crippen molar-refractivity contribution >= 4 is 39.2 Å². The van der Waals surface area contributed by atoms with Gasteiger partial charge in [0.05, 0.1) is 10.4 Å². The zero-order valence-corrected chi connectivity index (χ0v) is 14.7. The topological polar surface area (TPSA) is 63.2 Å². The Morgan fingerprint density at radius 1 is 1.33 bits per heavy atom. The Hall–Kier alpha value is -1.41. The third-order valence-electron chi connectivity index (χ3n) is 2.59. The van der Waals surface area contributed by atoms with E-state index in [1.807, 2.05) is 25.8 Å². The molecule has 0 saturated carbocycles. The van der Waals surface area contributed by atoms with Gasteiger partial charge in [-0.25, -0.2) is 0 Å². The maximum absolute atomic E-state index is 5.40. The lowest BCUT2D eigenvalue weighted by molar-refractivity contribution is 0.312. The third kappa shape index (κ3) is 4.53. The summed E-state index contributed by atoms with van der Waals surface area (Å²) >= 11 is 5.14. The molecule has 1 N–H and O–H groups in total. The highest BCUT2D eigenvalue weighted by atomic mass is 79.9. The van der Waals surface area contributed by atoms with Crippen LogP contribution in [0.15, 0.2) is 15.2 Å². The second-order valence-corrected chi connectivity index (χ2v) is 6.61. The Morgan fingerprint density at radius 3 is 2.76 bits per heavy atom. The van der Waals surface area contributed by atoms with Crippen molar-refractivity contribution in [3.05, 3.63) is 20.8 Å². The average molecular weight is 372 g/mol. The average Bonchev–Trinajstić information content (AvgIpc) is 2.84. The molecule has 0 aromatic carbocycles. The van der Waals surface area contributed by atoms with Crippen LogP contribution >= 0.6 is 27.3 Å². The molecule has 0 radical (unpaired) electrons. The van der Waals surface area contributed by atoms with Gasteiger partial charge in [-0.15, -0.1) is 11.3 Å². The molecule has 8 heteroatoms. The van der Waals surface area contributed by atoms with Crippen LogP contribution in [0, 0.1) is 0 Å². The van der Waals surface area contributed by atoms with E-state index >= 15 is 0 Å². The van der Waals surface area contributed by atoms with E-state index in [0.29, 0.717) is 24.5 Å². The molecular formula is C13H18BrN5OS. The van der Waals surface area contributed by atoms with Crippen LogP contribution in [0.5, 0.6) is 6.01 Å². The number of ether oxygens (including phenoxy) is 1. The Labute approximate surface area is 136 Å². The fraction of sp³-hybridized carbons (Fsp3) is 0.462. The van der Waals surface area contributed by atoms with Gasteiger partial charge in [-0.1, -0.05) is 0 Å². The summed E-state index contributed by atoms with van der Waals surface area (Å²) in [6.45, 7) is 5.90. The van der Waals surface area contributed by atoms with E-state index in [2.05, 4.69) is 47.6 Å². The largest absolute Gasteiger partial charge is 0.464 e. The van der Waals surface area contributed by atoms with Gasteiger partial charge in [0.15, 0.2) is 0 Å². The first kappa shape index (κ1) is 16.0. The van der Waals surface area contributed by atoms with Crippen LogP contribution in [0.4, 0.5) is 11.9 Å². The van der Waals surface area contributed by atoms with Crippen molar-refractivity contribution in [2.75, 3.05) is 30.4 Å². The zero-order valence-electron chi connectivity index (χ0n) is 12.3. The Morgan fingerprint density at radius 2 is 2.14 bits per heavy atom. The molecule has 0 aliphatic heterocycles. The van der Waals surface area contributed by atoms with Crippen molar-refractivity contribution in [2.45, 2.75) is 20.4 Å². The molecule has 0 atom stereocenters. The minimum atomic E-state index is 0.344. The van der Waals surface area contributed by atoms with E-state index < -0.39 is 0 Å². The van der Waals surface area contributed by atoms with Gasteiger partial charge in [-0.2, -0.15) is 15.0 Å². The van der Waals surface area contributed by atoms with Crippen molar-refractivity contribution in [2.24, 2.45) is 0 Å². The van der Waals surface area contributed by atoms with Gasteiger partial charge in [0.25, 0.3) is 0 Å². The van der Waals surface area contributed by atoms with Gasteiger partial charge < -0.3 is 15.0 Å². The molecule has 0 aliphatic carbocycles. The van der Waals surface area contributed by atoms with Crippen LogP contribution in [-0.2, 0) is 6.54 Å². The van der Waals surface area contributed by atoms with E-state index in [-0.39, 0.29) is 0 Å². The van der Waals surface area contributed by atoms with E-state index in [0.717, 1.165) is 16.9 Å². The lowest BCUT2D eigenvalue weighted by atomic mass is 10.3. The first-order valence-corrected chi connectivity index (χ1v) is 8.36. The zero-order chi connectivity index (χ0) is 15.2. The number of nitrogens with one attached hydrogen (secondary N) is 1. The molecule has 114 valence electrons. The molecule has 0 bridgehead atoms. The predicted octanol–water partition coefficient (Wildman–Crippen LogP) is 3.16. The molecular weight excluding hydrogens is 354 g/mol. The van der Waals surface area contributed by atoms with Crippen molar-refractivity contribution in [1.29, 1.82) is 0 Å². The molecule has 21 heavy (non-hydrogen) atoms. The van der Waals surface area contributed by atoms with Crippen LogP contribution in [0.2, 0.25) is 0 Å². The number of hydrogen-bond donors (Lipinski definition) is 1. The number of rotatable bonds is 7. The summed E-state index contributed by atoms with van der Waals surface area (Å²) in [6, 6.07) is 2.44. The summed E-state index contributed by atoms with van der Waals surface area (Å²) in [5.41, 5.74) is 1.21. The van der Waals surface area contributed by atoms with Crippen LogP contribution in [-0.4, -0.2) is 35.2 Å². The predicted molar refractivity (Wildman–Crippen MR) is 89.3 cm³/mol. The minimum absolute atomic E-state index is 0.344. The summed E-state index contributed by atoms with van der Waals surface area (Å²) in [5.74, 6) is 1.12. The van der Waals surface area contributed by atoms with Gasteiger partial charge >= 0.3 is 6.01 Å². The molecule has 2 aromatic rings. The maximum Gasteiger partial charge on any atom is 0.323 e. The van der Waals surface area contributed by atoms with E-state index in [4.69, 9.17) is 4.74 Å². The number of nitrogens with zero attached hydrogens (tertiary/aromatic N) is 4. The van der Waals surface area contributed by atoms with E-state index in [1.54, 1.807) is 11.3 Å². The van der Waals surface area contributed by atoms with E-state index in [9.17, 15) is 0 Å². The molecule has 0 unspecified atom stereocenters. The normalized spacial score (nSPS) is 10.5. The summed E-state index contributed by atoms with van der Waals surface area (Å²) < 4.78 is 6.52. The molecule has 2 heterocycles. The number of anilines is 2. The smallest absolute Gasteiger partial charge is 0.323 e. The molecule has 0 fully saturated rings. The number of thiophene rings is 1. The van der Waals surface area contributed by atoms with Crippen LogP contribution in [0.25, 0.3) is 0 Å². The summed E-state index contributed by atoms with van der Waals surface area (Å²) in [5, 5.41) is 5.20. The highest BCUT2D eigenvalue weighted by Gasteiger charge is 2.12. The number of hydrogen-bond acceptors (Lipinski definition) is 7. The van der Waals surface area contributed by atoms with Crippen molar-refractivity contribution in [3.8, 4) is 6.01 Å². The Kier molecular flexibility index (Phi) is 5.75. The highest BCUT2D eigenvalue weighted by Crippen LogP contribution is 2.23. The van der Waals surface area contributed by atoms with Gasteiger partial charge in [0.1, 0.15) is 0 Å². The maximum atomic E-state index is 5.40. The van der Waals surface area contributed by atoms with Crippen molar-refractivity contribution in [3.63, 3.8) is 0 Å². The van der Waals surface area contributed by atoms with Gasteiger partial charge in [-0.3, -0.25) is 0 Å². The summed E-state index contributed by atoms with van der Waals surface area (Å²) in [4.78, 5) is 14.9. The van der Waals surface area contributed by atoms with Crippen molar-refractivity contribution < 1.29 is 4.74 Å². The van der Waals surface area contributed by atoms with Crippen LogP contribution in [0.1, 0.15) is 19.4 Å².